The number of benzene rings is 2. The molecule has 1 N–H and O–H groups in total. The molecule has 0 atom stereocenters. The Hall–Kier alpha value is -3.82. The molecular weight excluding hydrogens is 396 g/mol. The van der Waals surface area contributed by atoms with Crippen LogP contribution in [-0.2, 0) is 16.1 Å². The van der Waals surface area contributed by atoms with Gasteiger partial charge in [-0.2, -0.15) is 0 Å². The number of nitrogens with zero attached hydrogens (tertiary/aromatic N) is 1. The van der Waals surface area contributed by atoms with Gasteiger partial charge in [0.2, 0.25) is 0 Å². The van der Waals surface area contributed by atoms with E-state index in [1.165, 1.54) is 14.2 Å². The molecule has 0 heterocycles. The van der Waals surface area contributed by atoms with E-state index in [9.17, 15) is 19.7 Å². The molecule has 2 rings (SSSR count). The summed E-state index contributed by atoms with van der Waals surface area (Å²) in [6.07, 6.45) is 0. The number of methoxy groups -OCH3 is 2. The van der Waals surface area contributed by atoms with Crippen molar-refractivity contribution >= 4 is 17.6 Å². The maximum absolute atomic E-state index is 12.4. The van der Waals surface area contributed by atoms with Crippen LogP contribution in [0.1, 0.15) is 22.8 Å². The van der Waals surface area contributed by atoms with Crippen LogP contribution < -0.4 is 19.5 Å². The minimum Gasteiger partial charge on any atom is -0.497 e. The Balaban J connectivity index is 2.04. The van der Waals surface area contributed by atoms with Crippen molar-refractivity contribution in [2.75, 3.05) is 27.4 Å². The van der Waals surface area contributed by atoms with Crippen LogP contribution in [0.2, 0.25) is 0 Å². The molecule has 0 aliphatic carbocycles. The predicted octanol–water partition coefficient (Wildman–Crippen LogP) is 2.48. The molecule has 2 aromatic carbocycles. The number of hydrogen-bond acceptors (Lipinski definition) is 8. The Labute approximate surface area is 172 Å². The molecular formula is C20H22N2O8. The van der Waals surface area contributed by atoms with E-state index in [0.717, 1.165) is 17.7 Å². The fraction of sp³-hybridized carbons (Fsp3) is 0.300. The fourth-order valence-electron chi connectivity index (χ4n) is 2.53. The second-order valence-corrected chi connectivity index (χ2v) is 5.91. The smallest absolute Gasteiger partial charge is 0.345 e. The van der Waals surface area contributed by atoms with Crippen molar-refractivity contribution in [2.45, 2.75) is 13.5 Å². The molecule has 0 saturated carbocycles. The van der Waals surface area contributed by atoms with Crippen LogP contribution >= 0.6 is 0 Å². The van der Waals surface area contributed by atoms with E-state index in [-0.39, 0.29) is 30.2 Å². The second kappa shape index (κ2) is 10.6. The van der Waals surface area contributed by atoms with Crippen molar-refractivity contribution < 1.29 is 33.5 Å². The van der Waals surface area contributed by atoms with Crippen molar-refractivity contribution in [3.63, 3.8) is 0 Å². The van der Waals surface area contributed by atoms with E-state index in [2.05, 4.69) is 5.32 Å². The summed E-state index contributed by atoms with van der Waals surface area (Å²) in [6, 6.07) is 9.33. The van der Waals surface area contributed by atoms with Crippen molar-refractivity contribution in [3.05, 3.63) is 57.6 Å². The van der Waals surface area contributed by atoms with E-state index in [0.29, 0.717) is 5.75 Å². The lowest BCUT2D eigenvalue weighted by molar-refractivity contribution is -0.385. The molecule has 10 heteroatoms. The van der Waals surface area contributed by atoms with E-state index in [1.54, 1.807) is 31.2 Å². The number of nitrogens with one attached hydrogen (secondary N) is 1. The lowest BCUT2D eigenvalue weighted by Crippen LogP contribution is -2.28. The maximum Gasteiger partial charge on any atom is 0.345 e. The monoisotopic (exact) mass is 418 g/mol. The number of hydrogen-bond donors (Lipinski definition) is 1. The molecule has 0 aliphatic rings. The van der Waals surface area contributed by atoms with E-state index < -0.39 is 29.1 Å². The number of esters is 1. The van der Waals surface area contributed by atoms with Gasteiger partial charge in [0.1, 0.15) is 11.3 Å². The lowest BCUT2D eigenvalue weighted by Gasteiger charge is -2.12. The molecule has 160 valence electrons. The first kappa shape index (κ1) is 22.5. The van der Waals surface area contributed by atoms with Crippen molar-refractivity contribution in [1.29, 1.82) is 0 Å². The first-order valence-electron chi connectivity index (χ1n) is 8.95. The molecule has 0 spiro atoms. The molecule has 2 aromatic rings. The molecule has 0 fully saturated rings. The fourth-order valence-corrected chi connectivity index (χ4v) is 2.53. The van der Waals surface area contributed by atoms with Gasteiger partial charge in [-0.25, -0.2) is 4.79 Å². The normalized spacial score (nSPS) is 10.1. The molecule has 1 amide bonds. The molecule has 10 nitrogen and oxygen atoms in total. The van der Waals surface area contributed by atoms with Crippen molar-refractivity contribution in [2.24, 2.45) is 0 Å². The Morgan fingerprint density at radius 1 is 1.10 bits per heavy atom. The number of nitro benzene ring substituents is 1. The third-order valence-electron chi connectivity index (χ3n) is 3.96. The minimum absolute atomic E-state index is 0.108. The Morgan fingerprint density at radius 2 is 1.87 bits per heavy atom. The van der Waals surface area contributed by atoms with Crippen LogP contribution in [0, 0.1) is 10.1 Å². The predicted molar refractivity (Wildman–Crippen MR) is 106 cm³/mol. The zero-order valence-corrected chi connectivity index (χ0v) is 16.8. The van der Waals surface area contributed by atoms with Gasteiger partial charge in [-0.3, -0.25) is 14.9 Å². The number of carbonyl (C=O) groups excluding carboxylic acids is 2. The van der Waals surface area contributed by atoms with Crippen molar-refractivity contribution in [1.82, 2.24) is 5.32 Å². The topological polar surface area (TPSA) is 126 Å². The van der Waals surface area contributed by atoms with Crippen LogP contribution in [-0.4, -0.2) is 44.2 Å². The minimum atomic E-state index is -1.03. The summed E-state index contributed by atoms with van der Waals surface area (Å²) in [6.45, 7) is 1.57. The van der Waals surface area contributed by atoms with E-state index in [1.807, 2.05) is 0 Å². The number of nitro groups is 1. The highest BCUT2D eigenvalue weighted by Gasteiger charge is 2.26. The highest BCUT2D eigenvalue weighted by atomic mass is 16.6. The van der Waals surface area contributed by atoms with E-state index >= 15 is 0 Å². The SMILES string of the molecule is CCOc1cc(C(=O)OCC(=O)NCc2cccc(OC)c2)c([N+](=O)[O-])cc1OC. The first-order chi connectivity index (χ1) is 14.4. The van der Waals surface area contributed by atoms with Crippen LogP contribution in [0.15, 0.2) is 36.4 Å². The summed E-state index contributed by atoms with van der Waals surface area (Å²) in [5.74, 6) is -0.685. The van der Waals surface area contributed by atoms with Crippen molar-refractivity contribution in [3.8, 4) is 17.2 Å². The quantitative estimate of drug-likeness (QED) is 0.354. The lowest BCUT2D eigenvalue weighted by atomic mass is 10.1. The largest absolute Gasteiger partial charge is 0.497 e. The number of ether oxygens (including phenoxy) is 4. The number of amides is 1. The molecule has 0 saturated heterocycles. The highest BCUT2D eigenvalue weighted by molar-refractivity contribution is 5.96. The van der Waals surface area contributed by atoms with Gasteiger partial charge < -0.3 is 24.3 Å². The highest BCUT2D eigenvalue weighted by Crippen LogP contribution is 2.35. The average Bonchev–Trinajstić information content (AvgIpc) is 2.75. The summed E-state index contributed by atoms with van der Waals surface area (Å²) in [7, 11) is 2.86. The van der Waals surface area contributed by atoms with Gasteiger partial charge in [-0.05, 0) is 24.6 Å². The second-order valence-electron chi connectivity index (χ2n) is 5.91. The number of rotatable bonds is 10. The Bertz CT molecular complexity index is 929. The third kappa shape index (κ3) is 5.84. The maximum atomic E-state index is 12.4. The first-order valence-corrected chi connectivity index (χ1v) is 8.95. The van der Waals surface area contributed by atoms with Gasteiger partial charge in [-0.1, -0.05) is 12.1 Å². The summed E-state index contributed by atoms with van der Waals surface area (Å²) in [5, 5.41) is 13.9. The zero-order chi connectivity index (χ0) is 22.1. The summed E-state index contributed by atoms with van der Waals surface area (Å²) >= 11 is 0. The van der Waals surface area contributed by atoms with E-state index in [4.69, 9.17) is 18.9 Å². The summed E-state index contributed by atoms with van der Waals surface area (Å²) < 4.78 is 20.4. The van der Waals surface area contributed by atoms with Gasteiger partial charge in [-0.15, -0.1) is 0 Å². The average molecular weight is 418 g/mol. The summed E-state index contributed by atoms with van der Waals surface area (Å²) in [4.78, 5) is 35.0. The third-order valence-corrected chi connectivity index (χ3v) is 3.96. The van der Waals surface area contributed by atoms with Gasteiger partial charge in [0.05, 0.1) is 31.8 Å². The van der Waals surface area contributed by atoms with Crippen LogP contribution in [0.4, 0.5) is 5.69 Å². The van der Waals surface area contributed by atoms with Crippen LogP contribution in [0.25, 0.3) is 0 Å². The van der Waals surface area contributed by atoms with Crippen LogP contribution in [0.5, 0.6) is 17.2 Å². The van der Waals surface area contributed by atoms with Gasteiger partial charge in [0.25, 0.3) is 11.6 Å². The Kier molecular flexibility index (Phi) is 7.98. The summed E-state index contributed by atoms with van der Waals surface area (Å²) in [5.41, 5.74) is -0.0666. The molecule has 0 unspecified atom stereocenters. The number of carbonyl (C=O) groups is 2. The molecule has 0 aromatic heterocycles. The molecule has 0 aliphatic heterocycles. The van der Waals surface area contributed by atoms with Crippen LogP contribution in [0.3, 0.4) is 0 Å². The standard InChI is InChI=1S/C20H22N2O8/c1-4-29-18-9-15(16(22(25)26)10-17(18)28-3)20(24)30-12-19(23)21-11-13-6-5-7-14(8-13)27-2/h5-10H,4,11-12H2,1-3H3,(H,21,23). The van der Waals surface area contributed by atoms with Gasteiger partial charge in [0.15, 0.2) is 18.1 Å². The van der Waals surface area contributed by atoms with Gasteiger partial charge in [0, 0.05) is 12.6 Å². The molecule has 0 radical (unpaired) electrons. The Morgan fingerprint density at radius 3 is 2.50 bits per heavy atom. The molecule has 30 heavy (non-hydrogen) atoms. The van der Waals surface area contributed by atoms with Gasteiger partial charge >= 0.3 is 5.97 Å². The molecule has 0 bridgehead atoms. The zero-order valence-electron chi connectivity index (χ0n) is 16.8.